The quantitative estimate of drug-likeness (QED) is 0.882. The van der Waals surface area contributed by atoms with Crippen LogP contribution in [0.3, 0.4) is 0 Å². The molecule has 1 aliphatic rings. The third-order valence-corrected chi connectivity index (χ3v) is 2.86. The van der Waals surface area contributed by atoms with Gasteiger partial charge in [0, 0.05) is 18.3 Å². The SMILES string of the molecule is CC(C)NC(=O)NCc1cccc(N2CCOC2=O)c1. The van der Waals surface area contributed by atoms with E-state index in [1.165, 1.54) is 0 Å². The summed E-state index contributed by atoms with van der Waals surface area (Å²) in [7, 11) is 0. The molecular weight excluding hydrogens is 258 g/mol. The molecule has 0 radical (unpaired) electrons. The lowest BCUT2D eigenvalue weighted by Crippen LogP contribution is -2.39. The number of hydrogen-bond donors (Lipinski definition) is 2. The molecule has 0 bridgehead atoms. The molecule has 0 aliphatic carbocycles. The average molecular weight is 277 g/mol. The van der Waals surface area contributed by atoms with E-state index in [2.05, 4.69) is 10.6 Å². The number of carbonyl (C=O) groups excluding carboxylic acids is 2. The molecule has 1 fully saturated rings. The van der Waals surface area contributed by atoms with Gasteiger partial charge in [-0.2, -0.15) is 0 Å². The zero-order valence-corrected chi connectivity index (χ0v) is 11.7. The Hall–Kier alpha value is -2.24. The first kappa shape index (κ1) is 14.2. The molecule has 3 amide bonds. The van der Waals surface area contributed by atoms with Crippen molar-refractivity contribution in [1.82, 2.24) is 10.6 Å². The number of rotatable bonds is 4. The van der Waals surface area contributed by atoms with Gasteiger partial charge in [-0.3, -0.25) is 4.90 Å². The number of cyclic esters (lactones) is 1. The summed E-state index contributed by atoms with van der Waals surface area (Å²) in [6.07, 6.45) is -0.326. The Morgan fingerprint density at radius 2 is 2.25 bits per heavy atom. The highest BCUT2D eigenvalue weighted by molar-refractivity contribution is 5.89. The van der Waals surface area contributed by atoms with Crippen LogP contribution in [-0.4, -0.2) is 31.3 Å². The lowest BCUT2D eigenvalue weighted by Gasteiger charge is -2.14. The summed E-state index contributed by atoms with van der Waals surface area (Å²) in [6.45, 7) is 5.19. The fraction of sp³-hybridized carbons (Fsp3) is 0.429. The van der Waals surface area contributed by atoms with E-state index in [1.807, 2.05) is 38.1 Å². The van der Waals surface area contributed by atoms with E-state index >= 15 is 0 Å². The molecule has 0 aromatic heterocycles. The van der Waals surface area contributed by atoms with Crippen molar-refractivity contribution in [3.63, 3.8) is 0 Å². The van der Waals surface area contributed by atoms with E-state index in [4.69, 9.17) is 4.74 Å². The van der Waals surface area contributed by atoms with Crippen molar-refractivity contribution in [3.8, 4) is 0 Å². The molecule has 20 heavy (non-hydrogen) atoms. The van der Waals surface area contributed by atoms with E-state index in [-0.39, 0.29) is 18.2 Å². The first-order valence-corrected chi connectivity index (χ1v) is 6.64. The largest absolute Gasteiger partial charge is 0.447 e. The maximum atomic E-state index is 11.5. The van der Waals surface area contributed by atoms with Crippen molar-refractivity contribution in [2.24, 2.45) is 0 Å². The summed E-state index contributed by atoms with van der Waals surface area (Å²) in [5.41, 5.74) is 1.72. The van der Waals surface area contributed by atoms with Gasteiger partial charge in [-0.05, 0) is 31.5 Å². The van der Waals surface area contributed by atoms with Gasteiger partial charge in [0.1, 0.15) is 6.61 Å². The number of carbonyl (C=O) groups is 2. The highest BCUT2D eigenvalue weighted by Gasteiger charge is 2.23. The van der Waals surface area contributed by atoms with Crippen LogP contribution in [0.4, 0.5) is 15.3 Å². The van der Waals surface area contributed by atoms with Crippen LogP contribution >= 0.6 is 0 Å². The van der Waals surface area contributed by atoms with Gasteiger partial charge in [0.15, 0.2) is 0 Å². The minimum Gasteiger partial charge on any atom is -0.447 e. The van der Waals surface area contributed by atoms with Crippen LogP contribution in [0, 0.1) is 0 Å². The number of anilines is 1. The number of urea groups is 1. The van der Waals surface area contributed by atoms with Crippen LogP contribution in [0.15, 0.2) is 24.3 Å². The van der Waals surface area contributed by atoms with Crippen LogP contribution in [0.2, 0.25) is 0 Å². The Bertz CT molecular complexity index is 502. The molecule has 1 aromatic rings. The zero-order valence-electron chi connectivity index (χ0n) is 11.7. The monoisotopic (exact) mass is 277 g/mol. The van der Waals surface area contributed by atoms with Crippen molar-refractivity contribution in [1.29, 1.82) is 0 Å². The van der Waals surface area contributed by atoms with Crippen LogP contribution < -0.4 is 15.5 Å². The van der Waals surface area contributed by atoms with Gasteiger partial charge in [0.25, 0.3) is 0 Å². The van der Waals surface area contributed by atoms with Gasteiger partial charge in [0.05, 0.1) is 6.54 Å². The molecule has 108 valence electrons. The first-order valence-electron chi connectivity index (χ1n) is 6.64. The molecule has 6 nitrogen and oxygen atoms in total. The van der Waals surface area contributed by atoms with Gasteiger partial charge in [-0.1, -0.05) is 12.1 Å². The Morgan fingerprint density at radius 3 is 2.90 bits per heavy atom. The van der Waals surface area contributed by atoms with Crippen molar-refractivity contribution in [2.45, 2.75) is 26.4 Å². The van der Waals surface area contributed by atoms with Crippen molar-refractivity contribution >= 4 is 17.8 Å². The average Bonchev–Trinajstić information content (AvgIpc) is 2.82. The summed E-state index contributed by atoms with van der Waals surface area (Å²) in [5.74, 6) is 0. The Labute approximate surface area is 118 Å². The molecule has 2 rings (SSSR count). The molecule has 2 N–H and O–H groups in total. The summed E-state index contributed by atoms with van der Waals surface area (Å²) in [4.78, 5) is 24.6. The molecule has 0 unspecified atom stereocenters. The van der Waals surface area contributed by atoms with Crippen molar-refractivity contribution in [3.05, 3.63) is 29.8 Å². The van der Waals surface area contributed by atoms with Crippen molar-refractivity contribution in [2.75, 3.05) is 18.1 Å². The summed E-state index contributed by atoms with van der Waals surface area (Å²) < 4.78 is 4.91. The van der Waals surface area contributed by atoms with Crippen LogP contribution in [0.1, 0.15) is 19.4 Å². The Morgan fingerprint density at radius 1 is 1.45 bits per heavy atom. The molecule has 0 spiro atoms. The molecule has 1 heterocycles. The Balaban J connectivity index is 1.96. The van der Waals surface area contributed by atoms with Crippen LogP contribution in [0.25, 0.3) is 0 Å². The number of amides is 3. The lowest BCUT2D eigenvalue weighted by molar-refractivity contribution is 0.181. The number of nitrogens with one attached hydrogen (secondary N) is 2. The summed E-state index contributed by atoms with van der Waals surface area (Å²) in [5, 5.41) is 5.53. The smallest absolute Gasteiger partial charge is 0.414 e. The second-order valence-electron chi connectivity index (χ2n) is 4.92. The molecular formula is C14H19N3O3. The molecule has 1 aromatic carbocycles. The number of nitrogens with zero attached hydrogens (tertiary/aromatic N) is 1. The van der Waals surface area contributed by atoms with Gasteiger partial charge >= 0.3 is 12.1 Å². The van der Waals surface area contributed by atoms with Gasteiger partial charge in [-0.25, -0.2) is 9.59 Å². The first-order chi connectivity index (χ1) is 9.56. The van der Waals surface area contributed by atoms with Crippen LogP contribution in [0.5, 0.6) is 0 Å². The maximum absolute atomic E-state index is 11.5. The highest BCUT2D eigenvalue weighted by Crippen LogP contribution is 2.19. The second kappa shape index (κ2) is 6.27. The summed E-state index contributed by atoms with van der Waals surface area (Å²) >= 11 is 0. The number of benzene rings is 1. The van der Waals surface area contributed by atoms with Crippen LogP contribution in [-0.2, 0) is 11.3 Å². The van der Waals surface area contributed by atoms with E-state index in [0.717, 1.165) is 11.3 Å². The summed E-state index contributed by atoms with van der Waals surface area (Å²) in [6, 6.07) is 7.39. The molecule has 1 aliphatic heterocycles. The third-order valence-electron chi connectivity index (χ3n) is 2.86. The molecule has 1 saturated heterocycles. The number of hydrogen-bond acceptors (Lipinski definition) is 3. The van der Waals surface area contributed by atoms with E-state index in [9.17, 15) is 9.59 Å². The van der Waals surface area contributed by atoms with E-state index < -0.39 is 0 Å². The predicted octanol–water partition coefficient (Wildman–Crippen LogP) is 1.85. The minimum absolute atomic E-state index is 0.0979. The second-order valence-corrected chi connectivity index (χ2v) is 4.92. The van der Waals surface area contributed by atoms with Gasteiger partial charge in [0.2, 0.25) is 0 Å². The standard InChI is InChI=1S/C14H19N3O3/c1-10(2)16-13(18)15-9-11-4-3-5-12(8-11)17-6-7-20-14(17)19/h3-5,8,10H,6-7,9H2,1-2H3,(H2,15,16,18). The fourth-order valence-electron chi connectivity index (χ4n) is 1.96. The van der Waals surface area contributed by atoms with E-state index in [1.54, 1.807) is 4.90 Å². The third kappa shape index (κ3) is 3.63. The Kier molecular flexibility index (Phi) is 4.45. The topological polar surface area (TPSA) is 70.7 Å². The van der Waals surface area contributed by atoms with E-state index in [0.29, 0.717) is 19.7 Å². The predicted molar refractivity (Wildman–Crippen MR) is 75.6 cm³/mol. The minimum atomic E-state index is -0.326. The normalized spacial score (nSPS) is 14.3. The molecule has 0 saturated carbocycles. The zero-order chi connectivity index (χ0) is 14.5. The highest BCUT2D eigenvalue weighted by atomic mass is 16.6. The van der Waals surface area contributed by atoms with Gasteiger partial charge < -0.3 is 15.4 Å². The number of ether oxygens (including phenoxy) is 1. The van der Waals surface area contributed by atoms with Gasteiger partial charge in [-0.15, -0.1) is 0 Å². The fourth-order valence-corrected chi connectivity index (χ4v) is 1.96. The maximum Gasteiger partial charge on any atom is 0.414 e. The molecule has 0 atom stereocenters. The lowest BCUT2D eigenvalue weighted by atomic mass is 10.2. The van der Waals surface area contributed by atoms with Crippen molar-refractivity contribution < 1.29 is 14.3 Å². The molecule has 6 heteroatoms.